The second-order valence-electron chi connectivity index (χ2n) is 8.17. The number of aromatic hydroxyl groups is 1. The molecule has 1 fully saturated rings. The molecule has 1 aliphatic heterocycles. The molecule has 1 N–H and O–H groups in total. The van der Waals surface area contributed by atoms with Crippen LogP contribution in [0.25, 0.3) is 6.08 Å². The molecule has 180 valence electrons. The van der Waals surface area contributed by atoms with Crippen molar-refractivity contribution < 1.29 is 14.7 Å². The lowest BCUT2D eigenvalue weighted by atomic mass is 9.99. The van der Waals surface area contributed by atoms with Crippen molar-refractivity contribution in [1.29, 1.82) is 5.26 Å². The van der Waals surface area contributed by atoms with Crippen LogP contribution in [0.2, 0.25) is 0 Å². The Balaban J connectivity index is 1.71. The molecule has 1 atom stereocenters. The lowest BCUT2D eigenvalue weighted by Crippen LogP contribution is -2.35. The van der Waals surface area contributed by atoms with Gasteiger partial charge in [0.25, 0.3) is 11.5 Å². The quantitative estimate of drug-likeness (QED) is 0.294. The second-order valence-corrected chi connectivity index (χ2v) is 9.85. The van der Waals surface area contributed by atoms with E-state index in [1.807, 2.05) is 42.5 Å². The number of amides is 1. The third kappa shape index (κ3) is 4.61. The van der Waals surface area contributed by atoms with Crippen molar-refractivity contribution in [1.82, 2.24) is 9.47 Å². The number of Topliss-reactive ketones (excluding diaryl/α,β-unsaturated/α-hetero) is 1. The largest absolute Gasteiger partial charge is 0.494 e. The van der Waals surface area contributed by atoms with Gasteiger partial charge in [-0.2, -0.15) is 5.26 Å². The highest BCUT2D eigenvalue weighted by molar-refractivity contribution is 8.26. The molecule has 4 rings (SSSR count). The van der Waals surface area contributed by atoms with Gasteiger partial charge in [-0.1, -0.05) is 84.6 Å². The van der Waals surface area contributed by atoms with Gasteiger partial charge in [0.2, 0.25) is 5.88 Å². The molecule has 1 saturated heterocycles. The summed E-state index contributed by atoms with van der Waals surface area (Å²) in [7, 11) is 0. The predicted octanol–water partition coefficient (Wildman–Crippen LogP) is 4.43. The first-order valence-electron chi connectivity index (χ1n) is 11.0. The van der Waals surface area contributed by atoms with Gasteiger partial charge < -0.3 is 5.11 Å². The van der Waals surface area contributed by atoms with E-state index in [9.17, 15) is 24.8 Å². The molecule has 1 unspecified atom stereocenters. The van der Waals surface area contributed by atoms with Crippen LogP contribution in [0, 0.1) is 18.3 Å². The molecule has 1 aliphatic rings. The maximum Gasteiger partial charge on any atom is 0.272 e. The number of ketones is 1. The summed E-state index contributed by atoms with van der Waals surface area (Å²) >= 11 is 6.43. The van der Waals surface area contributed by atoms with Gasteiger partial charge >= 0.3 is 0 Å². The van der Waals surface area contributed by atoms with Crippen LogP contribution in [-0.4, -0.2) is 37.1 Å². The van der Waals surface area contributed by atoms with Gasteiger partial charge in [0.05, 0.1) is 23.1 Å². The Morgan fingerprint density at radius 3 is 2.36 bits per heavy atom. The van der Waals surface area contributed by atoms with Crippen LogP contribution in [0.1, 0.15) is 45.6 Å². The molecule has 7 nitrogen and oxygen atoms in total. The summed E-state index contributed by atoms with van der Waals surface area (Å²) in [5, 5.41) is 20.8. The molecule has 1 amide bonds. The third-order valence-electron chi connectivity index (χ3n) is 5.97. The topological polar surface area (TPSA) is 103 Å². The first-order valence-corrected chi connectivity index (χ1v) is 12.2. The summed E-state index contributed by atoms with van der Waals surface area (Å²) in [5.41, 5.74) is 0.467. The van der Waals surface area contributed by atoms with Crippen molar-refractivity contribution in [3.8, 4) is 11.9 Å². The van der Waals surface area contributed by atoms with Crippen molar-refractivity contribution in [3.63, 3.8) is 0 Å². The van der Waals surface area contributed by atoms with E-state index in [2.05, 4.69) is 0 Å². The zero-order valence-electron chi connectivity index (χ0n) is 19.5. The highest BCUT2D eigenvalue weighted by Gasteiger charge is 2.35. The fourth-order valence-electron chi connectivity index (χ4n) is 4.06. The summed E-state index contributed by atoms with van der Waals surface area (Å²) in [6.45, 7) is 2.69. The molecule has 1 aromatic heterocycles. The number of thioether (sulfide) groups is 1. The zero-order chi connectivity index (χ0) is 26.0. The smallest absolute Gasteiger partial charge is 0.272 e. The number of nitriles is 1. The van der Waals surface area contributed by atoms with Gasteiger partial charge in [0, 0.05) is 0 Å². The summed E-state index contributed by atoms with van der Waals surface area (Å²) in [6.07, 6.45) is 1.70. The monoisotopic (exact) mass is 515 g/mol. The Hall–Kier alpha value is -4.00. The SMILES string of the molecule is Cc1c(C(=O)CN2C(=O)/C(=C/c3ccccc3)SC2=S)c(O)n(C(C)c2ccccc2)c(=O)c1C#N. The molecule has 2 heterocycles. The normalized spacial score (nSPS) is 15.2. The van der Waals surface area contributed by atoms with Crippen LogP contribution in [0.15, 0.2) is 70.4 Å². The number of hydrogen-bond acceptors (Lipinski definition) is 7. The van der Waals surface area contributed by atoms with Crippen LogP contribution in [0.5, 0.6) is 5.88 Å². The van der Waals surface area contributed by atoms with Gasteiger partial charge in [0.15, 0.2) is 5.78 Å². The number of pyridine rings is 1. The molecule has 9 heteroatoms. The zero-order valence-corrected chi connectivity index (χ0v) is 21.1. The third-order valence-corrected chi connectivity index (χ3v) is 7.34. The average molecular weight is 516 g/mol. The average Bonchev–Trinajstić information content (AvgIpc) is 3.12. The van der Waals surface area contributed by atoms with E-state index in [1.54, 1.807) is 37.3 Å². The molecule has 0 aliphatic carbocycles. The van der Waals surface area contributed by atoms with Crippen LogP contribution in [0.3, 0.4) is 0 Å². The van der Waals surface area contributed by atoms with Gasteiger partial charge in [-0.3, -0.25) is 23.9 Å². The minimum atomic E-state index is -0.697. The Labute approximate surface area is 217 Å². The molecule has 0 bridgehead atoms. The van der Waals surface area contributed by atoms with Crippen molar-refractivity contribution >= 4 is 46.1 Å². The number of carbonyl (C=O) groups is 2. The number of rotatable bonds is 6. The highest BCUT2D eigenvalue weighted by atomic mass is 32.2. The molecule has 36 heavy (non-hydrogen) atoms. The lowest BCUT2D eigenvalue weighted by Gasteiger charge is -2.22. The lowest BCUT2D eigenvalue weighted by molar-refractivity contribution is -0.121. The first-order chi connectivity index (χ1) is 17.2. The van der Waals surface area contributed by atoms with Crippen LogP contribution in [-0.2, 0) is 4.79 Å². The number of thiocarbonyl (C=S) groups is 1. The van der Waals surface area contributed by atoms with Gasteiger partial charge in [-0.05, 0) is 36.6 Å². The van der Waals surface area contributed by atoms with E-state index < -0.39 is 35.7 Å². The highest BCUT2D eigenvalue weighted by Crippen LogP contribution is 2.34. The number of benzene rings is 2. The van der Waals surface area contributed by atoms with Crippen LogP contribution in [0.4, 0.5) is 0 Å². The number of nitrogens with zero attached hydrogens (tertiary/aromatic N) is 3. The minimum Gasteiger partial charge on any atom is -0.494 e. The summed E-state index contributed by atoms with van der Waals surface area (Å²) < 4.78 is 1.24. The molecular weight excluding hydrogens is 494 g/mol. The number of hydrogen-bond donors (Lipinski definition) is 1. The van der Waals surface area contributed by atoms with E-state index in [4.69, 9.17) is 12.2 Å². The Morgan fingerprint density at radius 2 is 1.75 bits per heavy atom. The summed E-state index contributed by atoms with van der Waals surface area (Å²) in [6, 6.07) is 19.4. The van der Waals surface area contributed by atoms with Gasteiger partial charge in [-0.15, -0.1) is 0 Å². The fraction of sp³-hybridized carbons (Fsp3) is 0.148. The van der Waals surface area contributed by atoms with Crippen molar-refractivity contribution in [3.05, 3.63) is 104 Å². The molecule has 0 spiro atoms. The van der Waals surface area contributed by atoms with E-state index >= 15 is 0 Å². The first kappa shape index (κ1) is 25.1. The maximum absolute atomic E-state index is 13.4. The molecule has 0 radical (unpaired) electrons. The van der Waals surface area contributed by atoms with Crippen molar-refractivity contribution in [2.24, 2.45) is 0 Å². The number of aromatic nitrogens is 1. The van der Waals surface area contributed by atoms with Crippen molar-refractivity contribution in [2.45, 2.75) is 19.9 Å². The van der Waals surface area contributed by atoms with E-state index in [0.717, 1.165) is 26.8 Å². The van der Waals surface area contributed by atoms with E-state index in [-0.39, 0.29) is 21.0 Å². The Morgan fingerprint density at radius 1 is 1.14 bits per heavy atom. The molecule has 2 aromatic carbocycles. The summed E-state index contributed by atoms with van der Waals surface area (Å²) in [5.74, 6) is -1.61. The minimum absolute atomic E-state index is 0.0618. The Kier molecular flexibility index (Phi) is 7.20. The van der Waals surface area contributed by atoms with Crippen molar-refractivity contribution in [2.75, 3.05) is 6.54 Å². The maximum atomic E-state index is 13.4. The van der Waals surface area contributed by atoms with E-state index in [1.165, 1.54) is 6.92 Å². The van der Waals surface area contributed by atoms with Crippen LogP contribution < -0.4 is 5.56 Å². The van der Waals surface area contributed by atoms with Gasteiger partial charge in [-0.25, -0.2) is 0 Å². The standard InChI is InChI=1S/C27H21N3O4S2/c1-16-20(14-28)24(32)30(17(2)19-11-7-4-8-12-19)26(34)23(16)21(31)15-29-25(33)22(36-27(29)35)13-18-9-5-3-6-10-18/h3-13,17,34H,15H2,1-2H3/b22-13-. The molecular formula is C27H21N3O4S2. The van der Waals surface area contributed by atoms with Crippen LogP contribution >= 0.6 is 24.0 Å². The Bertz CT molecular complexity index is 1510. The van der Waals surface area contributed by atoms with E-state index in [0.29, 0.717) is 10.5 Å². The summed E-state index contributed by atoms with van der Waals surface area (Å²) in [4.78, 5) is 41.1. The van der Waals surface area contributed by atoms with Gasteiger partial charge in [0.1, 0.15) is 16.0 Å². The molecule has 3 aromatic rings. The second kappa shape index (κ2) is 10.3. The molecule has 0 saturated carbocycles. The number of carbonyl (C=O) groups excluding carboxylic acids is 2. The fourth-order valence-corrected chi connectivity index (χ4v) is 5.31. The predicted molar refractivity (Wildman–Crippen MR) is 143 cm³/mol.